The van der Waals surface area contributed by atoms with Crippen LogP contribution in [0.5, 0.6) is 0 Å². The molecule has 0 radical (unpaired) electrons. The second kappa shape index (κ2) is 6.83. The summed E-state index contributed by atoms with van der Waals surface area (Å²) in [6.07, 6.45) is 5.22. The van der Waals surface area contributed by atoms with Crippen molar-refractivity contribution in [3.05, 3.63) is 11.9 Å². The second-order valence-corrected chi connectivity index (χ2v) is 5.81. The van der Waals surface area contributed by atoms with Crippen molar-refractivity contribution in [2.24, 2.45) is 5.92 Å². The van der Waals surface area contributed by atoms with Crippen molar-refractivity contribution in [3.8, 4) is 0 Å². The maximum absolute atomic E-state index is 4.38. The zero-order chi connectivity index (χ0) is 12.8. The largest absolute Gasteiger partial charge is 0.373 e. The lowest BCUT2D eigenvalue weighted by Gasteiger charge is -2.22. The molecule has 0 bridgehead atoms. The maximum Gasteiger partial charge on any atom is 0.134 e. The van der Waals surface area contributed by atoms with Crippen molar-refractivity contribution in [1.82, 2.24) is 9.97 Å². The number of nitrogens with zero attached hydrogens (tertiary/aromatic N) is 2. The summed E-state index contributed by atoms with van der Waals surface area (Å²) < 4.78 is 0. The van der Waals surface area contributed by atoms with Crippen molar-refractivity contribution in [1.29, 1.82) is 0 Å². The van der Waals surface area contributed by atoms with Crippen LogP contribution in [0.15, 0.2) is 6.33 Å². The lowest BCUT2D eigenvalue weighted by molar-refractivity contribution is 0.515. The van der Waals surface area contributed by atoms with Crippen molar-refractivity contribution in [2.45, 2.75) is 26.2 Å². The highest BCUT2D eigenvalue weighted by Gasteiger charge is 2.15. The van der Waals surface area contributed by atoms with E-state index in [2.05, 4.69) is 39.3 Å². The molecule has 0 spiro atoms. The number of hydrogen-bond donors (Lipinski definition) is 2. The van der Waals surface area contributed by atoms with E-state index in [0.717, 1.165) is 30.5 Å². The van der Waals surface area contributed by atoms with Crippen LogP contribution < -0.4 is 10.6 Å². The predicted octanol–water partition coefficient (Wildman–Crippen LogP) is 2.64. The Morgan fingerprint density at radius 2 is 2.00 bits per heavy atom. The number of hydrogen-bond acceptors (Lipinski definition) is 5. The summed E-state index contributed by atoms with van der Waals surface area (Å²) in [6.45, 7) is 3.18. The van der Waals surface area contributed by atoms with E-state index in [-0.39, 0.29) is 0 Å². The molecule has 1 aromatic heterocycles. The Hall–Kier alpha value is -0.970. The highest BCUT2D eigenvalue weighted by Crippen LogP contribution is 2.24. The quantitative estimate of drug-likeness (QED) is 0.858. The molecule has 1 aliphatic heterocycles. The fourth-order valence-electron chi connectivity index (χ4n) is 2.31. The Kier molecular flexibility index (Phi) is 5.11. The zero-order valence-corrected chi connectivity index (χ0v) is 12.0. The summed E-state index contributed by atoms with van der Waals surface area (Å²) in [4.78, 5) is 8.63. The SMILES string of the molecule is CCc1c(NC)ncnc1NCC1CCSCC1. The third-order valence-corrected chi connectivity index (χ3v) is 4.48. The fourth-order valence-corrected chi connectivity index (χ4v) is 3.51. The molecule has 18 heavy (non-hydrogen) atoms. The van der Waals surface area contributed by atoms with Gasteiger partial charge in [0.2, 0.25) is 0 Å². The standard InChI is InChI=1S/C13H22N4S/c1-3-11-12(14-2)16-9-17-13(11)15-8-10-4-6-18-7-5-10/h9-10H,3-8H2,1-2H3,(H2,14,15,16,17). The Labute approximate surface area is 113 Å². The molecule has 0 aliphatic carbocycles. The van der Waals surface area contributed by atoms with Gasteiger partial charge in [-0.05, 0) is 36.7 Å². The summed E-state index contributed by atoms with van der Waals surface area (Å²) >= 11 is 2.07. The van der Waals surface area contributed by atoms with Crippen LogP contribution in [0.3, 0.4) is 0 Å². The molecule has 0 aromatic carbocycles. The fraction of sp³-hybridized carbons (Fsp3) is 0.692. The first kappa shape index (κ1) is 13.5. The molecule has 0 unspecified atom stereocenters. The summed E-state index contributed by atoms with van der Waals surface area (Å²) in [5, 5.41) is 6.64. The molecule has 0 saturated carbocycles. The highest BCUT2D eigenvalue weighted by molar-refractivity contribution is 7.99. The molecule has 1 aliphatic rings. The first-order chi connectivity index (χ1) is 8.85. The van der Waals surface area contributed by atoms with Gasteiger partial charge in [-0.15, -0.1) is 0 Å². The van der Waals surface area contributed by atoms with Crippen LogP contribution in [0.1, 0.15) is 25.3 Å². The number of aromatic nitrogens is 2. The van der Waals surface area contributed by atoms with Crippen LogP contribution in [0.25, 0.3) is 0 Å². The Bertz CT molecular complexity index is 377. The van der Waals surface area contributed by atoms with Crippen molar-refractivity contribution < 1.29 is 0 Å². The molecule has 1 saturated heterocycles. The van der Waals surface area contributed by atoms with Crippen molar-refractivity contribution in [2.75, 3.05) is 35.7 Å². The van der Waals surface area contributed by atoms with Gasteiger partial charge in [-0.2, -0.15) is 11.8 Å². The van der Waals surface area contributed by atoms with E-state index in [1.807, 2.05) is 7.05 Å². The first-order valence-electron chi connectivity index (χ1n) is 6.68. The molecule has 100 valence electrons. The van der Waals surface area contributed by atoms with Crippen LogP contribution in [0.2, 0.25) is 0 Å². The van der Waals surface area contributed by atoms with E-state index < -0.39 is 0 Å². The molecular weight excluding hydrogens is 244 g/mol. The summed E-state index contributed by atoms with van der Waals surface area (Å²) in [5.41, 5.74) is 1.19. The average Bonchev–Trinajstić information content (AvgIpc) is 2.45. The minimum absolute atomic E-state index is 0.795. The summed E-state index contributed by atoms with van der Waals surface area (Å²) in [5.74, 6) is 5.34. The first-order valence-corrected chi connectivity index (χ1v) is 7.83. The van der Waals surface area contributed by atoms with Crippen molar-refractivity contribution >= 4 is 23.4 Å². The summed E-state index contributed by atoms with van der Waals surface area (Å²) in [6, 6.07) is 0. The van der Waals surface area contributed by atoms with Gasteiger partial charge in [-0.1, -0.05) is 6.92 Å². The van der Waals surface area contributed by atoms with E-state index in [0.29, 0.717) is 0 Å². The van der Waals surface area contributed by atoms with Gasteiger partial charge in [-0.3, -0.25) is 0 Å². The van der Waals surface area contributed by atoms with Gasteiger partial charge in [0.1, 0.15) is 18.0 Å². The smallest absolute Gasteiger partial charge is 0.134 e. The van der Waals surface area contributed by atoms with Crippen LogP contribution in [-0.2, 0) is 6.42 Å². The molecule has 2 N–H and O–H groups in total. The molecule has 1 aromatic rings. The third-order valence-electron chi connectivity index (χ3n) is 3.43. The van der Waals surface area contributed by atoms with Crippen LogP contribution >= 0.6 is 11.8 Å². The molecule has 1 fully saturated rings. The number of rotatable bonds is 5. The minimum Gasteiger partial charge on any atom is -0.373 e. The molecule has 0 amide bonds. The van der Waals surface area contributed by atoms with Gasteiger partial charge in [0.25, 0.3) is 0 Å². The monoisotopic (exact) mass is 266 g/mol. The molecule has 2 rings (SSSR count). The van der Waals surface area contributed by atoms with Crippen LogP contribution in [0, 0.1) is 5.92 Å². The molecule has 2 heterocycles. The van der Waals surface area contributed by atoms with E-state index in [1.54, 1.807) is 6.33 Å². The normalized spacial score (nSPS) is 16.6. The van der Waals surface area contributed by atoms with Gasteiger partial charge in [0.05, 0.1) is 0 Å². The topological polar surface area (TPSA) is 49.8 Å². The highest BCUT2D eigenvalue weighted by atomic mass is 32.2. The lowest BCUT2D eigenvalue weighted by Crippen LogP contribution is -2.20. The van der Waals surface area contributed by atoms with Crippen LogP contribution in [-0.4, -0.2) is 35.1 Å². The van der Waals surface area contributed by atoms with Crippen molar-refractivity contribution in [3.63, 3.8) is 0 Å². The molecule has 4 nitrogen and oxygen atoms in total. The molecular formula is C13H22N4S. The Morgan fingerprint density at radius 1 is 1.28 bits per heavy atom. The predicted molar refractivity (Wildman–Crippen MR) is 79.5 cm³/mol. The third kappa shape index (κ3) is 3.28. The van der Waals surface area contributed by atoms with Gasteiger partial charge >= 0.3 is 0 Å². The molecule has 0 atom stereocenters. The second-order valence-electron chi connectivity index (χ2n) is 4.59. The van der Waals surface area contributed by atoms with Gasteiger partial charge in [0.15, 0.2) is 0 Å². The summed E-state index contributed by atoms with van der Waals surface area (Å²) in [7, 11) is 1.91. The van der Waals surface area contributed by atoms with E-state index >= 15 is 0 Å². The van der Waals surface area contributed by atoms with E-state index in [9.17, 15) is 0 Å². The van der Waals surface area contributed by atoms with Gasteiger partial charge in [0, 0.05) is 19.2 Å². The minimum atomic E-state index is 0.795. The maximum atomic E-state index is 4.38. The Morgan fingerprint density at radius 3 is 2.67 bits per heavy atom. The number of nitrogens with one attached hydrogen (secondary N) is 2. The number of thioether (sulfide) groups is 1. The average molecular weight is 266 g/mol. The zero-order valence-electron chi connectivity index (χ0n) is 11.2. The van der Waals surface area contributed by atoms with Gasteiger partial charge in [-0.25, -0.2) is 9.97 Å². The van der Waals surface area contributed by atoms with E-state index in [1.165, 1.54) is 29.9 Å². The van der Waals surface area contributed by atoms with Gasteiger partial charge < -0.3 is 10.6 Å². The Balaban J connectivity index is 1.99. The van der Waals surface area contributed by atoms with Crippen LogP contribution in [0.4, 0.5) is 11.6 Å². The van der Waals surface area contributed by atoms with E-state index in [4.69, 9.17) is 0 Å². The number of anilines is 2. The molecule has 5 heteroatoms. The lowest BCUT2D eigenvalue weighted by atomic mass is 10.0.